The highest BCUT2D eigenvalue weighted by Gasteiger charge is 2.33. The molecular formula is C36H48N4O5S. The second kappa shape index (κ2) is 15.2. The third-order valence-corrected chi connectivity index (χ3v) is 8.68. The van der Waals surface area contributed by atoms with Gasteiger partial charge in [-0.15, -0.1) is 11.3 Å². The second-order valence-electron chi connectivity index (χ2n) is 12.7. The number of piperidine rings is 1. The van der Waals surface area contributed by atoms with Crippen LogP contribution in [0.15, 0.2) is 54.9 Å². The van der Waals surface area contributed by atoms with Gasteiger partial charge in [-0.05, 0) is 82.4 Å². The summed E-state index contributed by atoms with van der Waals surface area (Å²) in [6.07, 6.45) is 10.2. The molecule has 2 N–H and O–H groups in total. The zero-order valence-electron chi connectivity index (χ0n) is 28.2. The number of hydrogen-bond donors (Lipinski definition) is 2. The standard InChI is InChI=1S/C30H32N4O4S.C4H10O.C2H6/c1-20-19-34-25-17-24(32-34)29-31-18-22(39-29)15-21-7-3-4-8-26(21)37-13-5-6-14-38-30(2)9-11-33(12-10-30)28(25)23(20)16-27(35)36;1-4(2,3)5;1-2/h3-8,17-19H,9-16H2,1-2H3,(H,35,36);5H,1-3H3;1-2H3/b6-5+;;. The number of pyridine rings is 1. The van der Waals surface area contributed by atoms with Gasteiger partial charge < -0.3 is 24.6 Å². The first-order valence-corrected chi connectivity index (χ1v) is 16.9. The van der Waals surface area contributed by atoms with Crippen molar-refractivity contribution in [2.24, 2.45) is 0 Å². The molecule has 10 heteroatoms. The van der Waals surface area contributed by atoms with E-state index in [1.54, 1.807) is 32.1 Å². The first-order valence-electron chi connectivity index (χ1n) is 16.0. The Bertz CT molecular complexity index is 1640. The molecule has 0 spiro atoms. The molecule has 9 nitrogen and oxygen atoms in total. The lowest BCUT2D eigenvalue weighted by Gasteiger charge is -2.41. The quantitative estimate of drug-likeness (QED) is 0.221. The Morgan fingerprint density at radius 1 is 1.11 bits per heavy atom. The van der Waals surface area contributed by atoms with Crippen LogP contribution in [0.3, 0.4) is 0 Å². The van der Waals surface area contributed by atoms with Gasteiger partial charge in [0.2, 0.25) is 0 Å². The van der Waals surface area contributed by atoms with Crippen molar-refractivity contribution in [1.29, 1.82) is 0 Å². The molecule has 248 valence electrons. The third kappa shape index (κ3) is 9.18. The van der Waals surface area contributed by atoms with Crippen molar-refractivity contribution < 1.29 is 24.5 Å². The van der Waals surface area contributed by atoms with Crippen LogP contribution in [0, 0.1) is 6.92 Å². The average molecular weight is 649 g/mol. The Morgan fingerprint density at radius 3 is 2.48 bits per heavy atom. The van der Waals surface area contributed by atoms with Crippen molar-refractivity contribution in [3.05, 3.63) is 76.4 Å². The molecule has 7 rings (SSSR count). The number of aliphatic hydroxyl groups is 1. The van der Waals surface area contributed by atoms with Gasteiger partial charge in [0, 0.05) is 36.8 Å². The van der Waals surface area contributed by atoms with E-state index in [1.807, 2.05) is 74.1 Å². The molecule has 6 bridgehead atoms. The number of nitrogens with zero attached hydrogens (tertiary/aromatic N) is 4. The van der Waals surface area contributed by atoms with E-state index in [9.17, 15) is 9.90 Å². The van der Waals surface area contributed by atoms with Crippen LogP contribution >= 0.6 is 11.3 Å². The molecule has 0 saturated carbocycles. The fourth-order valence-corrected chi connectivity index (χ4v) is 6.35. The van der Waals surface area contributed by atoms with E-state index < -0.39 is 11.6 Å². The number of anilines is 1. The van der Waals surface area contributed by atoms with Crippen LogP contribution in [0.25, 0.3) is 16.2 Å². The zero-order chi connectivity index (χ0) is 33.5. The zero-order valence-corrected chi connectivity index (χ0v) is 29.0. The first kappa shape index (κ1) is 35.1. The smallest absolute Gasteiger partial charge is 0.307 e. The molecule has 0 aliphatic carbocycles. The Morgan fingerprint density at radius 2 is 1.78 bits per heavy atom. The van der Waals surface area contributed by atoms with E-state index >= 15 is 0 Å². The van der Waals surface area contributed by atoms with Crippen LogP contribution in [0.4, 0.5) is 5.69 Å². The number of carbonyl (C=O) groups is 1. The summed E-state index contributed by atoms with van der Waals surface area (Å²) in [5.74, 6) is 0.0289. The second-order valence-corrected chi connectivity index (χ2v) is 13.8. The molecular weight excluding hydrogens is 600 g/mol. The molecule has 4 aromatic rings. The molecule has 0 unspecified atom stereocenters. The van der Waals surface area contributed by atoms with Gasteiger partial charge in [0.1, 0.15) is 23.1 Å². The fourth-order valence-electron chi connectivity index (χ4n) is 5.46. The summed E-state index contributed by atoms with van der Waals surface area (Å²) in [6.45, 7) is 15.9. The van der Waals surface area contributed by atoms with Crippen molar-refractivity contribution in [3.63, 3.8) is 0 Å². The van der Waals surface area contributed by atoms with Gasteiger partial charge in [0.15, 0.2) is 0 Å². The monoisotopic (exact) mass is 648 g/mol. The normalized spacial score (nSPS) is 16.7. The minimum atomic E-state index is -0.837. The average Bonchev–Trinajstić information content (AvgIpc) is 3.63. The molecule has 6 heterocycles. The van der Waals surface area contributed by atoms with E-state index in [0.717, 1.165) is 75.2 Å². The van der Waals surface area contributed by atoms with Crippen molar-refractivity contribution >= 4 is 28.5 Å². The molecule has 3 aliphatic rings. The molecule has 0 radical (unpaired) electrons. The summed E-state index contributed by atoms with van der Waals surface area (Å²) in [5, 5.41) is 24.0. The molecule has 1 aromatic carbocycles. The Balaban J connectivity index is 0.000000628. The van der Waals surface area contributed by atoms with Crippen LogP contribution in [0.5, 0.6) is 5.75 Å². The highest BCUT2D eigenvalue weighted by molar-refractivity contribution is 7.15. The minimum Gasteiger partial charge on any atom is -0.489 e. The van der Waals surface area contributed by atoms with Crippen molar-refractivity contribution in [3.8, 4) is 16.5 Å². The summed E-state index contributed by atoms with van der Waals surface area (Å²) in [6, 6.07) is 10.2. The summed E-state index contributed by atoms with van der Waals surface area (Å²) >= 11 is 1.62. The maximum atomic E-state index is 11.9. The Kier molecular flexibility index (Phi) is 11.6. The molecule has 1 fully saturated rings. The van der Waals surface area contributed by atoms with Gasteiger partial charge in [-0.25, -0.2) is 9.50 Å². The molecule has 3 aliphatic heterocycles. The predicted octanol–water partition coefficient (Wildman–Crippen LogP) is 7.11. The predicted molar refractivity (Wildman–Crippen MR) is 185 cm³/mol. The van der Waals surface area contributed by atoms with E-state index in [4.69, 9.17) is 24.7 Å². The van der Waals surface area contributed by atoms with E-state index in [-0.39, 0.29) is 12.0 Å². The number of thiazole rings is 1. The van der Waals surface area contributed by atoms with Crippen molar-refractivity contribution in [2.45, 2.75) is 85.4 Å². The van der Waals surface area contributed by atoms with Crippen LogP contribution in [-0.2, 0) is 22.4 Å². The van der Waals surface area contributed by atoms with Crippen molar-refractivity contribution in [1.82, 2.24) is 14.6 Å². The maximum absolute atomic E-state index is 11.9. The van der Waals surface area contributed by atoms with E-state index in [2.05, 4.69) is 17.9 Å². The summed E-state index contributed by atoms with van der Waals surface area (Å²) in [7, 11) is 0. The molecule has 0 atom stereocenters. The van der Waals surface area contributed by atoms with E-state index in [1.165, 1.54) is 0 Å². The number of aromatic nitrogens is 3. The number of carboxylic acids is 1. The van der Waals surface area contributed by atoms with Gasteiger partial charge in [0.05, 0.1) is 35.4 Å². The molecule has 1 saturated heterocycles. The molecule has 46 heavy (non-hydrogen) atoms. The van der Waals surface area contributed by atoms with Crippen LogP contribution < -0.4 is 9.64 Å². The molecule has 3 aromatic heterocycles. The van der Waals surface area contributed by atoms with Crippen LogP contribution in [0.1, 0.15) is 76.0 Å². The number of fused-ring (bicyclic) bond motifs is 6. The number of carboxylic acid groups (broad SMARTS) is 1. The van der Waals surface area contributed by atoms with Crippen LogP contribution in [0.2, 0.25) is 0 Å². The number of aliphatic carboxylic acids is 1. The van der Waals surface area contributed by atoms with Gasteiger partial charge in [-0.3, -0.25) is 4.79 Å². The van der Waals surface area contributed by atoms with Gasteiger partial charge in [-0.1, -0.05) is 38.1 Å². The lowest BCUT2D eigenvalue weighted by molar-refractivity contribution is -0.136. The Hall–Kier alpha value is -3.73. The SMILES string of the molecule is CC.CC(C)(C)O.Cc1cn2nc3cc2c(c1CC(=O)O)N1CCC(C)(CC1)OC/C=C/COc1ccccc1Cc1cnc-3s1. The summed E-state index contributed by atoms with van der Waals surface area (Å²) < 4.78 is 14.3. The molecule has 0 amide bonds. The Labute approximate surface area is 276 Å². The van der Waals surface area contributed by atoms with Crippen LogP contribution in [-0.4, -0.2) is 68.3 Å². The van der Waals surface area contributed by atoms with Gasteiger partial charge >= 0.3 is 5.97 Å². The number of aryl methyl sites for hydroxylation is 1. The highest BCUT2D eigenvalue weighted by Crippen LogP contribution is 2.37. The highest BCUT2D eigenvalue weighted by atomic mass is 32.1. The van der Waals surface area contributed by atoms with E-state index in [0.29, 0.717) is 19.6 Å². The number of rotatable bonds is 2. The number of para-hydroxylation sites is 1. The summed E-state index contributed by atoms with van der Waals surface area (Å²) in [4.78, 5) is 20.0. The van der Waals surface area contributed by atoms with Gasteiger partial charge in [-0.2, -0.15) is 5.10 Å². The number of hydrogen-bond acceptors (Lipinski definition) is 8. The summed E-state index contributed by atoms with van der Waals surface area (Å²) in [5.41, 5.74) is 4.76. The lowest BCUT2D eigenvalue weighted by Crippen LogP contribution is -2.45. The number of ether oxygens (including phenoxy) is 2. The third-order valence-electron chi connectivity index (χ3n) is 7.66. The topological polar surface area (TPSA) is 109 Å². The first-order chi connectivity index (χ1) is 21.9. The van der Waals surface area contributed by atoms with Crippen molar-refractivity contribution in [2.75, 3.05) is 31.2 Å². The minimum absolute atomic E-state index is 0.0316. The largest absolute Gasteiger partial charge is 0.489 e. The maximum Gasteiger partial charge on any atom is 0.307 e. The lowest BCUT2D eigenvalue weighted by atomic mass is 9.92. The van der Waals surface area contributed by atoms with Gasteiger partial charge in [0.25, 0.3) is 0 Å². The fraction of sp³-hybridized carbons (Fsp3) is 0.472. The number of benzene rings is 1.